The molecule has 0 aliphatic carbocycles. The summed E-state index contributed by atoms with van der Waals surface area (Å²) in [7, 11) is 3.48. The van der Waals surface area contributed by atoms with Gasteiger partial charge in [0.2, 0.25) is 0 Å². The lowest BCUT2D eigenvalue weighted by atomic mass is 10.0. The smallest absolute Gasteiger partial charge is 0.253 e. The second-order valence-electron chi connectivity index (χ2n) is 6.60. The average Bonchev–Trinajstić information content (AvgIpc) is 3.11. The van der Waals surface area contributed by atoms with Gasteiger partial charge >= 0.3 is 0 Å². The van der Waals surface area contributed by atoms with Crippen LogP contribution in [0, 0.1) is 5.82 Å². The Morgan fingerprint density at radius 1 is 0.926 bits per heavy atom. The second-order valence-corrected chi connectivity index (χ2v) is 6.60. The van der Waals surface area contributed by atoms with Crippen LogP contribution in [0.2, 0.25) is 0 Å². The molecule has 0 radical (unpaired) electrons. The molecule has 0 aliphatic heterocycles. The summed E-state index contributed by atoms with van der Waals surface area (Å²) in [5.74, 6) is -0.294. The lowest BCUT2D eigenvalue weighted by molar-refractivity contribution is 0.0827. The van der Waals surface area contributed by atoms with Crippen molar-refractivity contribution >= 4 is 11.4 Å². The number of rotatable bonds is 3. The molecule has 2 aromatic heterocycles. The summed E-state index contributed by atoms with van der Waals surface area (Å²) in [6.45, 7) is 0. The molecule has 0 spiro atoms. The Labute approximate surface area is 156 Å². The number of halogens is 1. The van der Waals surface area contributed by atoms with Crippen molar-refractivity contribution in [3.8, 4) is 22.4 Å². The molecule has 0 saturated heterocycles. The van der Waals surface area contributed by atoms with E-state index in [-0.39, 0.29) is 11.7 Å². The molecule has 4 rings (SSSR count). The van der Waals surface area contributed by atoms with Crippen LogP contribution in [-0.2, 0) is 0 Å². The van der Waals surface area contributed by atoms with Crippen LogP contribution in [-0.4, -0.2) is 34.5 Å². The second kappa shape index (κ2) is 6.68. The van der Waals surface area contributed by atoms with E-state index >= 15 is 0 Å². The normalized spacial score (nSPS) is 10.9. The first kappa shape index (κ1) is 17.0. The fourth-order valence-corrected chi connectivity index (χ4v) is 3.03. The molecule has 0 bridgehead atoms. The van der Waals surface area contributed by atoms with Crippen molar-refractivity contribution in [3.05, 3.63) is 84.3 Å². The number of hydrogen-bond acceptors (Lipinski definition) is 2. The lowest BCUT2D eigenvalue weighted by Crippen LogP contribution is -2.21. The maximum atomic E-state index is 13.1. The standard InChI is InChI=1S/C22H18FN3O/c1-25(2)22(27)18-5-3-4-16(12-18)17-10-11-26-20(13-17)14-21(24-26)15-6-8-19(23)9-7-15/h3-14H,1-2H3. The summed E-state index contributed by atoms with van der Waals surface area (Å²) in [6, 6.07) is 19.8. The minimum Gasteiger partial charge on any atom is -0.345 e. The summed E-state index contributed by atoms with van der Waals surface area (Å²) >= 11 is 0. The quantitative estimate of drug-likeness (QED) is 0.540. The van der Waals surface area contributed by atoms with Gasteiger partial charge in [-0.05, 0) is 65.7 Å². The lowest BCUT2D eigenvalue weighted by Gasteiger charge is -2.11. The molecule has 4 nitrogen and oxygen atoms in total. The van der Waals surface area contributed by atoms with Crippen LogP contribution in [0.15, 0.2) is 72.9 Å². The Morgan fingerprint density at radius 3 is 2.41 bits per heavy atom. The monoisotopic (exact) mass is 359 g/mol. The van der Waals surface area contributed by atoms with Gasteiger partial charge in [-0.25, -0.2) is 8.91 Å². The SMILES string of the molecule is CN(C)C(=O)c1cccc(-c2ccn3nc(-c4ccc(F)cc4)cc3c2)c1. The van der Waals surface area contributed by atoms with E-state index in [9.17, 15) is 9.18 Å². The van der Waals surface area contributed by atoms with Gasteiger partial charge in [-0.1, -0.05) is 12.1 Å². The van der Waals surface area contributed by atoms with E-state index in [0.29, 0.717) is 5.56 Å². The van der Waals surface area contributed by atoms with Crippen LogP contribution in [0.5, 0.6) is 0 Å². The van der Waals surface area contributed by atoms with E-state index in [0.717, 1.165) is 27.9 Å². The van der Waals surface area contributed by atoms with Gasteiger partial charge in [0.15, 0.2) is 0 Å². The third-order valence-electron chi connectivity index (χ3n) is 4.45. The topological polar surface area (TPSA) is 37.6 Å². The van der Waals surface area contributed by atoms with Crippen molar-refractivity contribution in [2.75, 3.05) is 14.1 Å². The molecule has 0 N–H and O–H groups in total. The van der Waals surface area contributed by atoms with E-state index in [4.69, 9.17) is 0 Å². The molecule has 0 atom stereocenters. The van der Waals surface area contributed by atoms with Gasteiger partial charge in [0.1, 0.15) is 5.82 Å². The summed E-state index contributed by atoms with van der Waals surface area (Å²) in [5.41, 5.74) is 5.19. The van der Waals surface area contributed by atoms with Crippen molar-refractivity contribution in [1.29, 1.82) is 0 Å². The predicted octanol–water partition coefficient (Wildman–Crippen LogP) is 4.51. The number of hydrogen-bond donors (Lipinski definition) is 0. The number of carbonyl (C=O) groups excluding carboxylic acids is 1. The first-order valence-electron chi connectivity index (χ1n) is 8.59. The number of aromatic nitrogens is 2. The van der Waals surface area contributed by atoms with Crippen molar-refractivity contribution in [2.24, 2.45) is 0 Å². The van der Waals surface area contributed by atoms with E-state index in [1.165, 1.54) is 12.1 Å². The Hall–Kier alpha value is -3.47. The zero-order valence-electron chi connectivity index (χ0n) is 15.1. The van der Waals surface area contributed by atoms with Crippen molar-refractivity contribution in [2.45, 2.75) is 0 Å². The average molecular weight is 359 g/mol. The number of benzene rings is 2. The zero-order valence-corrected chi connectivity index (χ0v) is 15.1. The van der Waals surface area contributed by atoms with Gasteiger partial charge in [-0.2, -0.15) is 5.10 Å². The first-order valence-corrected chi connectivity index (χ1v) is 8.59. The Morgan fingerprint density at radius 2 is 1.67 bits per heavy atom. The summed E-state index contributed by atoms with van der Waals surface area (Å²) in [6.07, 6.45) is 1.89. The Balaban J connectivity index is 1.73. The van der Waals surface area contributed by atoms with Crippen LogP contribution in [0.3, 0.4) is 0 Å². The van der Waals surface area contributed by atoms with E-state index in [1.807, 2.05) is 48.7 Å². The Bertz CT molecular complexity index is 1130. The molecular formula is C22H18FN3O. The fraction of sp³-hybridized carbons (Fsp3) is 0.0909. The summed E-state index contributed by atoms with van der Waals surface area (Å²) in [4.78, 5) is 13.8. The number of fused-ring (bicyclic) bond motifs is 1. The largest absolute Gasteiger partial charge is 0.345 e. The highest BCUT2D eigenvalue weighted by molar-refractivity contribution is 5.95. The summed E-state index contributed by atoms with van der Waals surface area (Å²) in [5, 5.41) is 4.55. The minimum absolute atomic E-state index is 0.0270. The third kappa shape index (κ3) is 3.31. The fourth-order valence-electron chi connectivity index (χ4n) is 3.03. The number of pyridine rings is 1. The van der Waals surface area contributed by atoms with Crippen LogP contribution in [0.4, 0.5) is 4.39 Å². The molecule has 4 aromatic rings. The van der Waals surface area contributed by atoms with Crippen LogP contribution >= 0.6 is 0 Å². The van der Waals surface area contributed by atoms with Crippen molar-refractivity contribution in [1.82, 2.24) is 14.5 Å². The van der Waals surface area contributed by atoms with Gasteiger partial charge < -0.3 is 4.90 Å². The third-order valence-corrected chi connectivity index (χ3v) is 4.45. The van der Waals surface area contributed by atoms with E-state index in [2.05, 4.69) is 5.10 Å². The van der Waals surface area contributed by atoms with E-state index in [1.54, 1.807) is 35.6 Å². The molecule has 2 aromatic carbocycles. The molecule has 134 valence electrons. The predicted molar refractivity (Wildman–Crippen MR) is 104 cm³/mol. The molecule has 2 heterocycles. The van der Waals surface area contributed by atoms with Gasteiger partial charge in [0.05, 0.1) is 11.2 Å². The van der Waals surface area contributed by atoms with Crippen LogP contribution in [0.1, 0.15) is 10.4 Å². The number of amides is 1. The van der Waals surface area contributed by atoms with Gasteiger partial charge in [-0.15, -0.1) is 0 Å². The molecule has 0 saturated carbocycles. The molecule has 0 fully saturated rings. The molecule has 27 heavy (non-hydrogen) atoms. The number of carbonyl (C=O) groups is 1. The van der Waals surface area contributed by atoms with Gasteiger partial charge in [0, 0.05) is 31.4 Å². The highest BCUT2D eigenvalue weighted by Crippen LogP contribution is 2.25. The highest BCUT2D eigenvalue weighted by atomic mass is 19.1. The van der Waals surface area contributed by atoms with Crippen molar-refractivity contribution in [3.63, 3.8) is 0 Å². The molecular weight excluding hydrogens is 341 g/mol. The van der Waals surface area contributed by atoms with Crippen LogP contribution < -0.4 is 0 Å². The first-order chi connectivity index (χ1) is 13.0. The van der Waals surface area contributed by atoms with Gasteiger partial charge in [-0.3, -0.25) is 4.79 Å². The minimum atomic E-state index is -0.267. The maximum absolute atomic E-state index is 13.1. The van der Waals surface area contributed by atoms with Crippen LogP contribution in [0.25, 0.3) is 27.9 Å². The maximum Gasteiger partial charge on any atom is 0.253 e. The molecule has 0 unspecified atom stereocenters. The van der Waals surface area contributed by atoms with Crippen molar-refractivity contribution < 1.29 is 9.18 Å². The molecule has 1 amide bonds. The molecule has 5 heteroatoms. The van der Waals surface area contributed by atoms with Gasteiger partial charge in [0.25, 0.3) is 5.91 Å². The Kier molecular flexibility index (Phi) is 4.20. The molecule has 0 aliphatic rings. The number of nitrogens with zero attached hydrogens (tertiary/aromatic N) is 3. The zero-order chi connectivity index (χ0) is 19.0. The van der Waals surface area contributed by atoms with E-state index < -0.39 is 0 Å². The highest BCUT2D eigenvalue weighted by Gasteiger charge is 2.10. The summed E-state index contributed by atoms with van der Waals surface area (Å²) < 4.78 is 14.9.